The number of fused-ring (bicyclic) bond motifs is 1. The lowest BCUT2D eigenvalue weighted by Crippen LogP contribution is -2.27. The Morgan fingerprint density at radius 3 is 2.47 bits per heavy atom. The first-order chi connectivity index (χ1) is 15.1. The number of carbonyl (C=O) groups excluding carboxylic acids is 1. The fourth-order valence-corrected chi connectivity index (χ4v) is 2.91. The van der Waals surface area contributed by atoms with Crippen molar-refractivity contribution in [3.8, 4) is 0 Å². The minimum absolute atomic E-state index is 0.313. The molecule has 0 spiro atoms. The zero-order valence-electron chi connectivity index (χ0n) is 19.0. The number of anilines is 2. The van der Waals surface area contributed by atoms with Crippen LogP contribution in [0.3, 0.4) is 0 Å². The van der Waals surface area contributed by atoms with Crippen LogP contribution in [0.5, 0.6) is 0 Å². The van der Waals surface area contributed by atoms with Crippen LogP contribution in [0, 0.1) is 6.92 Å². The summed E-state index contributed by atoms with van der Waals surface area (Å²) >= 11 is -0.750. The number of benzene rings is 1. The molecule has 10 nitrogen and oxygen atoms in total. The summed E-state index contributed by atoms with van der Waals surface area (Å²) in [5.41, 5.74) is 2.90. The molecular weight excluding hydrogens is 432 g/mol. The highest BCUT2D eigenvalue weighted by Gasteiger charge is 2.18. The molecule has 0 aliphatic carbocycles. The normalized spacial score (nSPS) is 11.0. The predicted molar refractivity (Wildman–Crippen MR) is 122 cm³/mol. The van der Waals surface area contributed by atoms with Gasteiger partial charge in [0.15, 0.2) is 5.65 Å². The van der Waals surface area contributed by atoms with Gasteiger partial charge in [0.25, 0.3) is 0 Å². The molecule has 0 unspecified atom stereocenters. The van der Waals surface area contributed by atoms with Gasteiger partial charge in [0.2, 0.25) is 5.95 Å². The van der Waals surface area contributed by atoms with Crippen LogP contribution < -0.4 is 10.6 Å². The minimum Gasteiger partial charge on any atom is -0.444 e. The number of carbonyl (C=O) groups is 1. The van der Waals surface area contributed by atoms with Crippen molar-refractivity contribution >= 4 is 34.9 Å². The number of aromatic nitrogens is 4. The lowest BCUT2D eigenvalue weighted by Gasteiger charge is -2.20. The highest BCUT2D eigenvalue weighted by molar-refractivity contribution is 7.51. The number of amides is 1. The van der Waals surface area contributed by atoms with E-state index in [1.165, 1.54) is 0 Å². The second kappa shape index (κ2) is 10.8. The Balaban J connectivity index is 0.00000114. The number of ether oxygens (including phenoxy) is 1. The second-order valence-electron chi connectivity index (χ2n) is 8.29. The zero-order valence-corrected chi connectivity index (χ0v) is 19.8. The van der Waals surface area contributed by atoms with Crippen molar-refractivity contribution in [1.82, 2.24) is 19.6 Å². The summed E-state index contributed by atoms with van der Waals surface area (Å²) in [6.07, 6.45) is 1.34. The Kier molecular flexibility index (Phi) is 8.41. The fraction of sp³-hybridized carbons (Fsp3) is 0.429. The van der Waals surface area contributed by atoms with Crippen molar-refractivity contribution < 1.29 is 17.9 Å². The number of hydrogen-bond donors (Lipinski definition) is 2. The minimum atomic E-state index is -0.750. The van der Waals surface area contributed by atoms with Gasteiger partial charge in [-0.1, -0.05) is 32.0 Å². The third-order valence-electron chi connectivity index (χ3n) is 4.22. The van der Waals surface area contributed by atoms with E-state index in [9.17, 15) is 4.79 Å². The molecule has 1 amide bonds. The van der Waals surface area contributed by atoms with E-state index in [4.69, 9.17) is 13.2 Å². The molecular formula is C21H28N6O4S. The smallest absolute Gasteiger partial charge is 0.412 e. The molecule has 2 aromatic heterocycles. The van der Waals surface area contributed by atoms with E-state index in [2.05, 4.69) is 39.5 Å². The van der Waals surface area contributed by atoms with Crippen LogP contribution in [0.2, 0.25) is 0 Å². The van der Waals surface area contributed by atoms with Crippen molar-refractivity contribution in [2.75, 3.05) is 10.6 Å². The molecule has 172 valence electrons. The van der Waals surface area contributed by atoms with Crippen LogP contribution in [0.1, 0.15) is 57.5 Å². The maximum atomic E-state index is 12.2. The van der Waals surface area contributed by atoms with Crippen LogP contribution in [-0.2, 0) is 22.9 Å². The summed E-state index contributed by atoms with van der Waals surface area (Å²) in [6.45, 7) is 12.0. The van der Waals surface area contributed by atoms with Crippen molar-refractivity contribution in [2.24, 2.45) is 0 Å². The van der Waals surface area contributed by atoms with Crippen LogP contribution >= 0.6 is 0 Å². The molecule has 0 atom stereocenters. The van der Waals surface area contributed by atoms with Gasteiger partial charge in [0.05, 0.1) is 6.20 Å². The third-order valence-corrected chi connectivity index (χ3v) is 4.22. The van der Waals surface area contributed by atoms with E-state index < -0.39 is 23.3 Å². The highest BCUT2D eigenvalue weighted by atomic mass is 32.1. The molecule has 1 aromatic carbocycles. The number of para-hydroxylation sites is 1. The largest absolute Gasteiger partial charge is 0.444 e. The van der Waals surface area contributed by atoms with Crippen molar-refractivity contribution in [2.45, 2.75) is 59.6 Å². The van der Waals surface area contributed by atoms with Gasteiger partial charge in [-0.25, -0.2) is 9.78 Å². The van der Waals surface area contributed by atoms with Gasteiger partial charge in [-0.05, 0) is 45.2 Å². The molecule has 0 fully saturated rings. The van der Waals surface area contributed by atoms with Gasteiger partial charge in [-0.3, -0.25) is 5.32 Å². The number of hydrogen-bond acceptors (Lipinski definition) is 8. The average molecular weight is 461 g/mol. The highest BCUT2D eigenvalue weighted by Crippen LogP contribution is 2.22. The first-order valence-corrected chi connectivity index (χ1v) is 10.7. The fourth-order valence-electron chi connectivity index (χ4n) is 2.91. The van der Waals surface area contributed by atoms with Gasteiger partial charge < -0.3 is 10.1 Å². The Bertz CT molecular complexity index is 1120. The van der Waals surface area contributed by atoms with Gasteiger partial charge >= 0.3 is 17.7 Å². The molecule has 0 saturated heterocycles. The van der Waals surface area contributed by atoms with Gasteiger partial charge in [-0.2, -0.15) is 23.0 Å². The van der Waals surface area contributed by atoms with Crippen LogP contribution in [0.15, 0.2) is 30.5 Å². The Labute approximate surface area is 190 Å². The van der Waals surface area contributed by atoms with E-state index in [1.54, 1.807) is 4.52 Å². The van der Waals surface area contributed by atoms with E-state index in [0.29, 0.717) is 29.9 Å². The molecule has 11 heteroatoms. The van der Waals surface area contributed by atoms with Gasteiger partial charge in [0, 0.05) is 17.8 Å². The van der Waals surface area contributed by atoms with Gasteiger partial charge in [-0.15, -0.1) is 0 Å². The zero-order chi connectivity index (χ0) is 23.9. The first-order valence-electron chi connectivity index (χ1n) is 10.0. The Morgan fingerprint density at radius 2 is 1.84 bits per heavy atom. The lowest BCUT2D eigenvalue weighted by atomic mass is 10.1. The number of rotatable bonds is 5. The summed E-state index contributed by atoms with van der Waals surface area (Å²) in [4.78, 5) is 21.2. The number of nitrogens with one attached hydrogen (secondary N) is 2. The molecule has 0 aliphatic rings. The molecule has 0 aliphatic heterocycles. The molecule has 2 heterocycles. The molecule has 0 saturated carbocycles. The Hall–Kier alpha value is -3.34. The molecule has 2 N–H and O–H groups in total. The van der Waals surface area contributed by atoms with Crippen LogP contribution in [0.4, 0.5) is 16.4 Å². The molecule has 3 rings (SSSR count). The third kappa shape index (κ3) is 6.84. The summed E-state index contributed by atoms with van der Waals surface area (Å²) in [7, 11) is 0. The maximum Gasteiger partial charge on any atom is 0.412 e. The molecule has 32 heavy (non-hydrogen) atoms. The monoisotopic (exact) mass is 460 g/mol. The van der Waals surface area contributed by atoms with Crippen LogP contribution in [-0.4, -0.2) is 39.7 Å². The molecule has 0 bridgehead atoms. The van der Waals surface area contributed by atoms with Crippen molar-refractivity contribution in [1.29, 1.82) is 0 Å². The summed E-state index contributed by atoms with van der Waals surface area (Å²) in [5.74, 6) is 1.59. The summed E-state index contributed by atoms with van der Waals surface area (Å²) in [6, 6.07) is 7.56. The SMILES string of the molecule is Cc1nc(NCc2ccccc2NC(=O)OC(C)(C)C)n2ncc(C(C)C)c2n1.O=S=O. The summed E-state index contributed by atoms with van der Waals surface area (Å²) < 4.78 is 23.7. The predicted octanol–water partition coefficient (Wildman–Crippen LogP) is 3.85. The maximum absolute atomic E-state index is 12.2. The number of aryl methyl sites for hydroxylation is 1. The summed E-state index contributed by atoms with van der Waals surface area (Å²) in [5, 5.41) is 10.6. The van der Waals surface area contributed by atoms with Crippen molar-refractivity contribution in [3.63, 3.8) is 0 Å². The average Bonchev–Trinajstić information content (AvgIpc) is 3.10. The van der Waals surface area contributed by atoms with E-state index in [1.807, 2.05) is 58.2 Å². The quantitative estimate of drug-likeness (QED) is 0.588. The topological polar surface area (TPSA) is 128 Å². The number of nitrogens with zero attached hydrogens (tertiary/aromatic N) is 4. The standard InChI is InChI=1S/C21H28N6O2.O2S/c1-13(2)16-12-23-27-18(16)24-14(3)25-19(27)22-11-15-9-7-8-10-17(15)26-20(28)29-21(4,5)6;1-3-2/h7-10,12-13H,11H2,1-6H3,(H,26,28)(H,22,24,25);. The lowest BCUT2D eigenvalue weighted by molar-refractivity contribution is 0.0635. The van der Waals surface area contributed by atoms with E-state index in [-0.39, 0.29) is 0 Å². The molecule has 3 aromatic rings. The van der Waals surface area contributed by atoms with E-state index in [0.717, 1.165) is 16.8 Å². The van der Waals surface area contributed by atoms with Crippen LogP contribution in [0.25, 0.3) is 5.65 Å². The second-order valence-corrected chi connectivity index (χ2v) is 8.43. The first kappa shape index (κ1) is 24.9. The molecule has 0 radical (unpaired) electrons. The Morgan fingerprint density at radius 1 is 1.19 bits per heavy atom. The van der Waals surface area contributed by atoms with Gasteiger partial charge in [0.1, 0.15) is 11.4 Å². The van der Waals surface area contributed by atoms with Crippen molar-refractivity contribution in [3.05, 3.63) is 47.4 Å². The van der Waals surface area contributed by atoms with E-state index >= 15 is 0 Å².